The molecule has 0 spiro atoms. The molecule has 3 heteroatoms. The summed E-state index contributed by atoms with van der Waals surface area (Å²) in [7, 11) is 1.74. The molecule has 0 aromatic rings. The molecular formula is C6H13NO2. The third kappa shape index (κ3) is 2.46. The topological polar surface area (TPSA) is 56.7 Å². The Balaban J connectivity index is 3.83. The zero-order valence-corrected chi connectivity index (χ0v) is 6.05. The average molecular weight is 131 g/mol. The number of nitrogens with two attached hydrogens (primary N) is 1. The molecule has 2 N–H and O–H groups in total. The Bertz CT molecular complexity index is 101. The Morgan fingerprint density at radius 3 is 2.00 bits per heavy atom. The van der Waals surface area contributed by atoms with Crippen LogP contribution >= 0.6 is 0 Å². The van der Waals surface area contributed by atoms with Crippen molar-refractivity contribution >= 4 is 5.97 Å². The Morgan fingerprint density at radius 1 is 1.56 bits per heavy atom. The number of carboxylic acids is 1. The minimum absolute atomic E-state index is 0.139. The van der Waals surface area contributed by atoms with E-state index in [0.29, 0.717) is 0 Å². The number of rotatable bonds is 3. The number of hydrogen-bond donors (Lipinski definition) is 1. The van der Waals surface area contributed by atoms with Crippen LogP contribution in [0.2, 0.25) is 0 Å². The lowest BCUT2D eigenvalue weighted by Crippen LogP contribution is -2.91. The van der Waals surface area contributed by atoms with Crippen LogP contribution in [0.4, 0.5) is 0 Å². The Hall–Kier alpha value is -0.570. The zero-order chi connectivity index (χ0) is 7.44. The highest BCUT2D eigenvalue weighted by atomic mass is 16.4. The number of likely N-dealkylation sites (N-methyl/N-ethyl adjacent to an activating group) is 1. The molecule has 0 aliphatic rings. The molecular weight excluding hydrogens is 118 g/mol. The molecule has 3 nitrogen and oxygen atoms in total. The van der Waals surface area contributed by atoms with Gasteiger partial charge in [-0.15, -0.1) is 0 Å². The third-order valence-corrected chi connectivity index (χ3v) is 1.35. The van der Waals surface area contributed by atoms with Crippen LogP contribution in [0.1, 0.15) is 13.8 Å². The molecule has 0 radical (unpaired) electrons. The molecule has 0 heterocycles. The number of carboxylic acid groups (broad SMARTS) is 1. The van der Waals surface area contributed by atoms with Crippen molar-refractivity contribution in [2.24, 2.45) is 5.92 Å². The summed E-state index contributed by atoms with van der Waals surface area (Å²) >= 11 is 0. The monoisotopic (exact) mass is 131 g/mol. The molecule has 54 valence electrons. The zero-order valence-electron chi connectivity index (χ0n) is 6.05. The highest BCUT2D eigenvalue weighted by molar-refractivity contribution is 5.69. The summed E-state index contributed by atoms with van der Waals surface area (Å²) in [6.07, 6.45) is 0. The molecule has 1 atom stereocenters. The molecule has 9 heavy (non-hydrogen) atoms. The second-order valence-electron chi connectivity index (χ2n) is 2.42. The number of quaternary nitrogens is 1. The molecule has 0 amide bonds. The van der Waals surface area contributed by atoms with Crippen LogP contribution < -0.4 is 10.4 Å². The fraction of sp³-hybridized carbons (Fsp3) is 0.833. The first-order valence-corrected chi connectivity index (χ1v) is 3.10. The molecule has 0 saturated heterocycles. The first-order valence-electron chi connectivity index (χ1n) is 3.10. The van der Waals surface area contributed by atoms with Crippen molar-refractivity contribution in [1.29, 1.82) is 0 Å². The van der Waals surface area contributed by atoms with E-state index in [-0.39, 0.29) is 5.92 Å². The van der Waals surface area contributed by atoms with Gasteiger partial charge in [0, 0.05) is 5.92 Å². The van der Waals surface area contributed by atoms with E-state index >= 15 is 0 Å². The van der Waals surface area contributed by atoms with Crippen molar-refractivity contribution in [3.63, 3.8) is 0 Å². The van der Waals surface area contributed by atoms with Gasteiger partial charge in [-0.2, -0.15) is 0 Å². The van der Waals surface area contributed by atoms with Gasteiger partial charge in [0.25, 0.3) is 0 Å². The Morgan fingerprint density at radius 2 is 2.00 bits per heavy atom. The lowest BCUT2D eigenvalue weighted by atomic mass is 10.1. The first kappa shape index (κ1) is 8.43. The minimum Gasteiger partial charge on any atom is -0.544 e. The summed E-state index contributed by atoms with van der Waals surface area (Å²) < 4.78 is 0. The van der Waals surface area contributed by atoms with E-state index in [1.54, 1.807) is 12.4 Å². The fourth-order valence-electron chi connectivity index (χ4n) is 0.793. The highest BCUT2D eigenvalue weighted by Crippen LogP contribution is 1.93. The van der Waals surface area contributed by atoms with E-state index in [1.165, 1.54) is 0 Å². The molecule has 0 aromatic heterocycles. The molecule has 0 fully saturated rings. The van der Waals surface area contributed by atoms with Crippen LogP contribution in [0.25, 0.3) is 0 Å². The number of carbonyl (C=O) groups is 1. The lowest BCUT2D eigenvalue weighted by molar-refractivity contribution is -0.663. The second-order valence-corrected chi connectivity index (χ2v) is 2.42. The van der Waals surface area contributed by atoms with Gasteiger partial charge in [0.1, 0.15) is 6.04 Å². The fourth-order valence-corrected chi connectivity index (χ4v) is 0.793. The van der Waals surface area contributed by atoms with Gasteiger partial charge in [-0.3, -0.25) is 0 Å². The van der Waals surface area contributed by atoms with Crippen molar-refractivity contribution in [2.75, 3.05) is 7.05 Å². The number of carbonyl (C=O) groups excluding carboxylic acids is 1. The molecule has 0 aromatic carbocycles. The summed E-state index contributed by atoms with van der Waals surface area (Å²) in [5, 5.41) is 11.9. The van der Waals surface area contributed by atoms with Crippen LogP contribution in [-0.2, 0) is 4.79 Å². The van der Waals surface area contributed by atoms with E-state index < -0.39 is 12.0 Å². The predicted octanol–water partition coefficient (Wildman–Crippen LogP) is -2.05. The SMILES string of the molecule is C[NH2+][C@@H](C(=O)[O-])C(C)C. The number of aliphatic carboxylic acids is 1. The summed E-state index contributed by atoms with van der Waals surface area (Å²) in [4.78, 5) is 10.2. The van der Waals surface area contributed by atoms with Gasteiger partial charge in [0.15, 0.2) is 0 Å². The summed E-state index contributed by atoms with van der Waals surface area (Å²) in [5.74, 6) is -0.840. The summed E-state index contributed by atoms with van der Waals surface area (Å²) in [5.41, 5.74) is 0. The maximum absolute atomic E-state index is 10.2. The molecule has 0 aliphatic heterocycles. The van der Waals surface area contributed by atoms with E-state index in [1.807, 2.05) is 13.8 Å². The molecule has 0 bridgehead atoms. The van der Waals surface area contributed by atoms with Crippen LogP contribution in [0, 0.1) is 5.92 Å². The minimum atomic E-state index is -0.979. The van der Waals surface area contributed by atoms with Crippen molar-refractivity contribution < 1.29 is 15.2 Å². The highest BCUT2D eigenvalue weighted by Gasteiger charge is 2.14. The Labute approximate surface area is 55.1 Å². The molecule has 0 unspecified atom stereocenters. The van der Waals surface area contributed by atoms with Gasteiger partial charge in [-0.05, 0) is 0 Å². The molecule has 0 aliphatic carbocycles. The smallest absolute Gasteiger partial charge is 0.128 e. The van der Waals surface area contributed by atoms with E-state index in [9.17, 15) is 9.90 Å². The van der Waals surface area contributed by atoms with Gasteiger partial charge in [0.2, 0.25) is 0 Å². The van der Waals surface area contributed by atoms with E-state index in [0.717, 1.165) is 0 Å². The van der Waals surface area contributed by atoms with Gasteiger partial charge in [0.05, 0.1) is 13.0 Å². The third-order valence-electron chi connectivity index (χ3n) is 1.35. The van der Waals surface area contributed by atoms with E-state index in [4.69, 9.17) is 0 Å². The number of hydrogen-bond acceptors (Lipinski definition) is 2. The van der Waals surface area contributed by atoms with Crippen molar-refractivity contribution in [2.45, 2.75) is 19.9 Å². The largest absolute Gasteiger partial charge is 0.544 e. The normalized spacial score (nSPS) is 13.8. The summed E-state index contributed by atoms with van der Waals surface area (Å²) in [6, 6.07) is -0.398. The standard InChI is InChI=1S/C6H13NO2/c1-4(2)5(7-3)6(8)9/h4-5,7H,1-3H3,(H,8,9)/t5-/m1/s1. The van der Waals surface area contributed by atoms with Crippen LogP contribution in [0.15, 0.2) is 0 Å². The second kappa shape index (κ2) is 3.45. The molecule has 0 saturated carbocycles. The van der Waals surface area contributed by atoms with Gasteiger partial charge in [-0.25, -0.2) is 0 Å². The van der Waals surface area contributed by atoms with Gasteiger partial charge in [-0.1, -0.05) is 13.8 Å². The maximum atomic E-state index is 10.2. The summed E-state index contributed by atoms with van der Waals surface area (Å²) in [6.45, 7) is 3.72. The van der Waals surface area contributed by atoms with Crippen LogP contribution in [0.5, 0.6) is 0 Å². The van der Waals surface area contributed by atoms with Crippen molar-refractivity contribution in [3.8, 4) is 0 Å². The lowest BCUT2D eigenvalue weighted by Gasteiger charge is -2.16. The average Bonchev–Trinajstić information content (AvgIpc) is 1.64. The van der Waals surface area contributed by atoms with Crippen molar-refractivity contribution in [1.82, 2.24) is 0 Å². The molecule has 0 rings (SSSR count). The maximum Gasteiger partial charge on any atom is 0.128 e. The predicted molar refractivity (Wildman–Crippen MR) is 31.5 cm³/mol. The van der Waals surface area contributed by atoms with E-state index in [2.05, 4.69) is 0 Å². The quantitative estimate of drug-likeness (QED) is 0.479. The Kier molecular flexibility index (Phi) is 3.24. The van der Waals surface area contributed by atoms with Gasteiger partial charge >= 0.3 is 0 Å². The van der Waals surface area contributed by atoms with Crippen LogP contribution in [0.3, 0.4) is 0 Å². The van der Waals surface area contributed by atoms with Crippen molar-refractivity contribution in [3.05, 3.63) is 0 Å². The van der Waals surface area contributed by atoms with Crippen LogP contribution in [-0.4, -0.2) is 19.1 Å². The van der Waals surface area contributed by atoms with Gasteiger partial charge < -0.3 is 15.2 Å². The first-order chi connectivity index (χ1) is 4.09.